The Labute approximate surface area is 80.8 Å². The van der Waals surface area contributed by atoms with Crippen LogP contribution < -0.4 is 9.64 Å². The fraction of sp³-hybridized carbons (Fsp3) is 0.200. The number of methoxy groups -OCH3 is 1. The van der Waals surface area contributed by atoms with Gasteiger partial charge in [0.05, 0.1) is 7.11 Å². The van der Waals surface area contributed by atoms with Crippen molar-refractivity contribution in [2.24, 2.45) is 0 Å². The van der Waals surface area contributed by atoms with E-state index >= 15 is 0 Å². The predicted molar refractivity (Wildman–Crippen MR) is 41.8 cm³/mol. The fourth-order valence-corrected chi connectivity index (χ4v) is 0.948. The molecule has 0 aliphatic heterocycles. The van der Waals surface area contributed by atoms with Crippen molar-refractivity contribution < 1.29 is 19.2 Å². The zero-order chi connectivity index (χ0) is 11.0. The lowest BCUT2D eigenvalue weighted by Gasteiger charge is -1.94. The molecule has 2 aromatic heterocycles. The van der Waals surface area contributed by atoms with Crippen molar-refractivity contribution in [1.29, 1.82) is 0 Å². The van der Waals surface area contributed by atoms with Crippen molar-refractivity contribution in [3.63, 3.8) is 0 Å². The lowest BCUT2D eigenvalue weighted by Crippen LogP contribution is -2.24. The van der Waals surface area contributed by atoms with Crippen LogP contribution in [0.15, 0.2) is 4.63 Å². The van der Waals surface area contributed by atoms with E-state index in [2.05, 4.69) is 24.5 Å². The summed E-state index contributed by atoms with van der Waals surface area (Å²) in [5.74, 6) is -1.00. The van der Waals surface area contributed by atoms with Gasteiger partial charge in [0.25, 0.3) is 0 Å². The van der Waals surface area contributed by atoms with Crippen LogP contribution in [-0.2, 0) is 0 Å². The van der Waals surface area contributed by atoms with E-state index in [1.54, 1.807) is 0 Å². The molecule has 0 radical (unpaired) electrons. The lowest BCUT2D eigenvalue weighted by molar-refractivity contribution is -0.783. The van der Waals surface area contributed by atoms with Crippen molar-refractivity contribution in [3.05, 3.63) is 15.3 Å². The first-order valence-electron chi connectivity index (χ1n) is 3.59. The largest absolute Gasteiger partial charge is 0.463 e. The smallest absolute Gasteiger partial charge is 0.449 e. The number of nitrogens with zero attached hydrogens (tertiary/aromatic N) is 5. The van der Waals surface area contributed by atoms with Crippen LogP contribution in [0.3, 0.4) is 0 Å². The normalized spacial score (nSPS) is 10.5. The summed E-state index contributed by atoms with van der Waals surface area (Å²) >= 11 is 0. The molecule has 15 heavy (non-hydrogen) atoms. The second-order valence-corrected chi connectivity index (χ2v) is 2.39. The number of rotatable bonds is 2. The highest BCUT2D eigenvalue weighted by Gasteiger charge is 2.29. The molecule has 2 aromatic rings. The molecule has 0 bridgehead atoms. The number of fused-ring (bicyclic) bond motifs is 1. The summed E-state index contributed by atoms with van der Waals surface area (Å²) in [6, 6.07) is 0. The number of nitro groups is 1. The molecule has 0 atom stereocenters. The van der Waals surface area contributed by atoms with Crippen LogP contribution in [0.25, 0.3) is 11.3 Å². The van der Waals surface area contributed by atoms with Gasteiger partial charge in [-0.15, -0.1) is 0 Å². The molecule has 0 spiro atoms. The van der Waals surface area contributed by atoms with Gasteiger partial charge < -0.3 is 24.7 Å². The maximum atomic E-state index is 10.9. The molecule has 2 heterocycles. The zero-order valence-corrected chi connectivity index (χ0v) is 7.28. The average molecular weight is 213 g/mol. The van der Waals surface area contributed by atoms with Crippen molar-refractivity contribution in [2.75, 3.05) is 7.11 Å². The number of aromatic nitrogens is 4. The van der Waals surface area contributed by atoms with Gasteiger partial charge in [-0.2, -0.15) is 0 Å². The van der Waals surface area contributed by atoms with E-state index in [9.17, 15) is 15.3 Å². The van der Waals surface area contributed by atoms with Crippen LogP contribution in [0.2, 0.25) is 0 Å². The highest BCUT2D eigenvalue weighted by Crippen LogP contribution is 2.22. The van der Waals surface area contributed by atoms with Crippen molar-refractivity contribution in [1.82, 2.24) is 15.1 Å². The Balaban J connectivity index is 2.76. The summed E-state index contributed by atoms with van der Waals surface area (Å²) in [5.41, 5.74) is -0.532. The topological polar surface area (TPSA) is 131 Å². The second-order valence-electron chi connectivity index (χ2n) is 2.39. The van der Waals surface area contributed by atoms with Gasteiger partial charge in [0.15, 0.2) is 0 Å². The third-order valence-electron chi connectivity index (χ3n) is 1.55. The Morgan fingerprint density at radius 3 is 2.87 bits per heavy atom. The Morgan fingerprint density at radius 2 is 2.27 bits per heavy atom. The Kier molecular flexibility index (Phi) is 1.81. The highest BCUT2D eigenvalue weighted by atomic mass is 16.8. The van der Waals surface area contributed by atoms with E-state index in [0.29, 0.717) is 0 Å². The van der Waals surface area contributed by atoms with Crippen LogP contribution in [0, 0.1) is 15.3 Å². The maximum absolute atomic E-state index is 10.9. The van der Waals surface area contributed by atoms with E-state index in [1.165, 1.54) is 7.11 Å². The Bertz CT molecular complexity index is 536. The minimum atomic E-state index is -0.797. The van der Waals surface area contributed by atoms with Gasteiger partial charge in [0.2, 0.25) is 0 Å². The SMILES string of the molecule is COc1nc2c(no[n+]2[O-])nc1[N+](=O)[O-]. The summed E-state index contributed by atoms with van der Waals surface area (Å²) in [6.07, 6.45) is 0. The van der Waals surface area contributed by atoms with Gasteiger partial charge in [-0.3, -0.25) is 0 Å². The first-order chi connectivity index (χ1) is 7.13. The Morgan fingerprint density at radius 1 is 1.53 bits per heavy atom. The molecule has 0 saturated carbocycles. The van der Waals surface area contributed by atoms with Crippen LogP contribution in [-0.4, -0.2) is 27.2 Å². The van der Waals surface area contributed by atoms with Gasteiger partial charge in [0, 0.05) is 10.1 Å². The standard InChI is InChI=1S/C5H3N5O5/c1-14-5-4(9(11)12)6-2-3(7-5)10(13)15-8-2/h1H3. The van der Waals surface area contributed by atoms with Gasteiger partial charge in [0.1, 0.15) is 0 Å². The summed E-state index contributed by atoms with van der Waals surface area (Å²) in [5, 5.41) is 24.6. The summed E-state index contributed by atoms with van der Waals surface area (Å²) < 4.78 is 8.76. The molecule has 2 rings (SSSR count). The molecule has 0 aliphatic rings. The third-order valence-corrected chi connectivity index (χ3v) is 1.55. The summed E-state index contributed by atoms with van der Waals surface area (Å²) in [4.78, 5) is 16.7. The van der Waals surface area contributed by atoms with Gasteiger partial charge in [-0.1, -0.05) is 4.90 Å². The van der Waals surface area contributed by atoms with Gasteiger partial charge >= 0.3 is 23.0 Å². The molecule has 10 nitrogen and oxygen atoms in total. The molecule has 10 heteroatoms. The fourth-order valence-electron chi connectivity index (χ4n) is 0.948. The summed E-state index contributed by atoms with van der Waals surface area (Å²) in [7, 11) is 1.17. The predicted octanol–water partition coefficient (Wildman–Crippen LogP) is -0.832. The van der Waals surface area contributed by atoms with Crippen LogP contribution in [0.5, 0.6) is 5.88 Å². The lowest BCUT2D eigenvalue weighted by atomic mass is 10.6. The molecule has 0 fully saturated rings. The minimum Gasteiger partial charge on any atom is -0.463 e. The van der Waals surface area contributed by atoms with E-state index in [-0.39, 0.29) is 22.1 Å². The zero-order valence-electron chi connectivity index (χ0n) is 7.28. The number of ether oxygens (including phenoxy) is 1. The first kappa shape index (κ1) is 9.05. The summed E-state index contributed by atoms with van der Waals surface area (Å²) in [6.45, 7) is 0. The molecule has 0 saturated heterocycles. The maximum Gasteiger partial charge on any atom is 0.449 e. The molecule has 0 aliphatic carbocycles. The third kappa shape index (κ3) is 1.27. The number of hydrogen-bond donors (Lipinski definition) is 0. The molecule has 0 amide bonds. The molecular formula is C5H3N5O5. The van der Waals surface area contributed by atoms with E-state index in [0.717, 1.165) is 0 Å². The highest BCUT2D eigenvalue weighted by molar-refractivity contribution is 5.63. The van der Waals surface area contributed by atoms with Crippen molar-refractivity contribution >= 4 is 17.1 Å². The average Bonchev–Trinajstić information content (AvgIpc) is 2.58. The molecule has 0 aromatic carbocycles. The molecule has 0 unspecified atom stereocenters. The monoisotopic (exact) mass is 213 g/mol. The van der Waals surface area contributed by atoms with Crippen molar-refractivity contribution in [2.45, 2.75) is 0 Å². The first-order valence-corrected chi connectivity index (χ1v) is 3.59. The molecule has 78 valence electrons. The Hall–Kier alpha value is -2.52. The van der Waals surface area contributed by atoms with Crippen LogP contribution in [0.4, 0.5) is 5.82 Å². The van der Waals surface area contributed by atoms with E-state index < -0.39 is 10.7 Å². The minimum absolute atomic E-state index is 0.0193. The van der Waals surface area contributed by atoms with Crippen LogP contribution in [0.1, 0.15) is 0 Å². The second kappa shape index (κ2) is 3.01. The molecular weight excluding hydrogens is 210 g/mol. The number of hydrogen-bond acceptors (Lipinski definition) is 8. The quantitative estimate of drug-likeness (QED) is 0.358. The van der Waals surface area contributed by atoms with Crippen molar-refractivity contribution in [3.8, 4) is 5.88 Å². The van der Waals surface area contributed by atoms with E-state index in [1.807, 2.05) is 0 Å². The molecule has 0 N–H and O–H groups in total. The van der Waals surface area contributed by atoms with Crippen LogP contribution >= 0.6 is 0 Å². The van der Waals surface area contributed by atoms with Gasteiger partial charge in [-0.05, 0) is 9.91 Å². The van der Waals surface area contributed by atoms with Gasteiger partial charge in [-0.25, -0.2) is 0 Å². The van der Waals surface area contributed by atoms with E-state index in [4.69, 9.17) is 0 Å².